The number of anilines is 1. The van der Waals surface area contributed by atoms with E-state index in [0.29, 0.717) is 12.5 Å². The summed E-state index contributed by atoms with van der Waals surface area (Å²) >= 11 is 1.57. The van der Waals surface area contributed by atoms with Crippen molar-refractivity contribution in [2.45, 2.75) is 38.7 Å². The van der Waals surface area contributed by atoms with E-state index in [-0.39, 0.29) is 5.78 Å². The van der Waals surface area contributed by atoms with Gasteiger partial charge in [-0.15, -0.1) is 0 Å². The van der Waals surface area contributed by atoms with Gasteiger partial charge in [-0.2, -0.15) is 0 Å². The van der Waals surface area contributed by atoms with Gasteiger partial charge >= 0.3 is 0 Å². The number of carbonyl (C=O) groups is 1. The van der Waals surface area contributed by atoms with Crippen LogP contribution in [0.2, 0.25) is 0 Å². The molecule has 5 heteroatoms. The summed E-state index contributed by atoms with van der Waals surface area (Å²) in [6, 6.07) is 0. The average molecular weight is 266 g/mol. The fourth-order valence-corrected chi connectivity index (χ4v) is 3.65. The summed E-state index contributed by atoms with van der Waals surface area (Å²) < 4.78 is 5.67. The summed E-state index contributed by atoms with van der Waals surface area (Å²) in [5.41, 5.74) is 1.02. The van der Waals surface area contributed by atoms with E-state index >= 15 is 0 Å². The van der Waals surface area contributed by atoms with E-state index in [2.05, 4.69) is 16.8 Å². The first-order valence-electron chi connectivity index (χ1n) is 6.67. The Balaban J connectivity index is 1.82. The van der Waals surface area contributed by atoms with E-state index in [1.165, 1.54) is 0 Å². The summed E-state index contributed by atoms with van der Waals surface area (Å²) in [7, 11) is 0. The number of hydrogen-bond acceptors (Lipinski definition) is 5. The van der Waals surface area contributed by atoms with Gasteiger partial charge in [0.25, 0.3) is 0 Å². The number of Topliss-reactive ketones (excluding diaryl/α,β-unsaturated/α-hetero) is 1. The predicted octanol–water partition coefficient (Wildman–Crippen LogP) is 2.28. The van der Waals surface area contributed by atoms with Gasteiger partial charge < -0.3 is 9.64 Å². The van der Waals surface area contributed by atoms with Crippen LogP contribution in [0.5, 0.6) is 0 Å². The molecule has 1 unspecified atom stereocenters. The quantitative estimate of drug-likeness (QED) is 0.823. The summed E-state index contributed by atoms with van der Waals surface area (Å²) in [5, 5.41) is 1.01. The minimum absolute atomic E-state index is 0.278. The highest BCUT2D eigenvalue weighted by molar-refractivity contribution is 7.17. The number of morpholine rings is 1. The molecule has 18 heavy (non-hydrogen) atoms. The van der Waals surface area contributed by atoms with Crippen molar-refractivity contribution in [3.05, 3.63) is 10.6 Å². The maximum absolute atomic E-state index is 11.8. The molecule has 1 fully saturated rings. The largest absolute Gasteiger partial charge is 0.375 e. The molecule has 2 heterocycles. The van der Waals surface area contributed by atoms with Gasteiger partial charge in [-0.25, -0.2) is 4.98 Å². The van der Waals surface area contributed by atoms with Gasteiger partial charge in [-0.3, -0.25) is 4.79 Å². The van der Waals surface area contributed by atoms with Crippen LogP contribution in [0.4, 0.5) is 5.13 Å². The molecule has 98 valence electrons. The van der Waals surface area contributed by atoms with E-state index < -0.39 is 0 Å². The van der Waals surface area contributed by atoms with Crippen LogP contribution in [-0.4, -0.2) is 36.6 Å². The van der Waals surface area contributed by atoms with Gasteiger partial charge in [0.15, 0.2) is 10.9 Å². The lowest BCUT2D eigenvalue weighted by Crippen LogP contribution is -2.42. The molecule has 0 radical (unpaired) electrons. The van der Waals surface area contributed by atoms with Crippen molar-refractivity contribution < 1.29 is 9.53 Å². The highest BCUT2D eigenvalue weighted by Crippen LogP contribution is 2.32. The van der Waals surface area contributed by atoms with Crippen molar-refractivity contribution in [2.75, 3.05) is 24.6 Å². The lowest BCUT2D eigenvalue weighted by Gasteiger charge is -2.32. The number of rotatable bonds is 2. The summed E-state index contributed by atoms with van der Waals surface area (Å²) in [6.07, 6.45) is 3.93. The van der Waals surface area contributed by atoms with Gasteiger partial charge in [0.05, 0.1) is 23.3 Å². The van der Waals surface area contributed by atoms with E-state index in [1.807, 2.05) is 0 Å². The number of aryl methyl sites for hydroxylation is 1. The van der Waals surface area contributed by atoms with Gasteiger partial charge in [0.1, 0.15) is 0 Å². The number of hydrogen-bond donors (Lipinski definition) is 0. The fourth-order valence-electron chi connectivity index (χ4n) is 2.53. The van der Waals surface area contributed by atoms with Crippen LogP contribution in [0.1, 0.15) is 41.6 Å². The zero-order chi connectivity index (χ0) is 12.5. The first-order valence-corrected chi connectivity index (χ1v) is 7.49. The third kappa shape index (κ3) is 2.17. The Kier molecular flexibility index (Phi) is 3.35. The van der Waals surface area contributed by atoms with Crippen LogP contribution in [0, 0.1) is 0 Å². The van der Waals surface area contributed by atoms with Gasteiger partial charge in [0.2, 0.25) is 0 Å². The highest BCUT2D eigenvalue weighted by Gasteiger charge is 2.26. The Morgan fingerprint density at radius 2 is 2.39 bits per heavy atom. The Morgan fingerprint density at radius 3 is 3.17 bits per heavy atom. The van der Waals surface area contributed by atoms with Gasteiger partial charge in [-0.1, -0.05) is 18.3 Å². The third-order valence-electron chi connectivity index (χ3n) is 3.62. The summed E-state index contributed by atoms with van der Waals surface area (Å²) in [4.78, 5) is 19.7. The zero-order valence-corrected chi connectivity index (χ0v) is 11.5. The third-order valence-corrected chi connectivity index (χ3v) is 4.82. The van der Waals surface area contributed by atoms with Crippen molar-refractivity contribution in [1.82, 2.24) is 4.98 Å². The smallest absolute Gasteiger partial charge is 0.186 e. The Hall–Kier alpha value is -0.940. The van der Waals surface area contributed by atoms with Gasteiger partial charge in [0, 0.05) is 19.5 Å². The molecule has 3 rings (SSSR count). The van der Waals surface area contributed by atoms with Crippen molar-refractivity contribution in [3.63, 3.8) is 0 Å². The second kappa shape index (κ2) is 4.97. The van der Waals surface area contributed by atoms with E-state index in [0.717, 1.165) is 54.7 Å². The van der Waals surface area contributed by atoms with Crippen LogP contribution in [0.15, 0.2) is 0 Å². The maximum atomic E-state index is 11.8. The van der Waals surface area contributed by atoms with Crippen LogP contribution >= 0.6 is 11.3 Å². The normalized spacial score (nSPS) is 24.2. The fraction of sp³-hybridized carbons (Fsp3) is 0.692. The summed E-state index contributed by atoms with van der Waals surface area (Å²) in [5.74, 6) is 0.278. The average Bonchev–Trinajstić information content (AvgIpc) is 2.84. The number of thiazole rings is 1. The predicted molar refractivity (Wildman–Crippen MR) is 71.6 cm³/mol. The van der Waals surface area contributed by atoms with Crippen molar-refractivity contribution >= 4 is 22.3 Å². The first-order chi connectivity index (χ1) is 8.78. The van der Waals surface area contributed by atoms with Crippen LogP contribution < -0.4 is 4.90 Å². The highest BCUT2D eigenvalue weighted by atomic mass is 32.1. The molecule has 2 aliphatic rings. The molecule has 0 saturated carbocycles. The second-order valence-corrected chi connectivity index (χ2v) is 5.87. The molecule has 0 N–H and O–H groups in total. The standard InChI is InChI=1S/C13H18N2O2S/c1-2-9-8-15(6-7-17-9)13-14-10-4-3-5-11(16)12(10)18-13/h9H,2-8H2,1H3. The van der Waals surface area contributed by atoms with Crippen LogP contribution in [0.25, 0.3) is 0 Å². The maximum Gasteiger partial charge on any atom is 0.186 e. The van der Waals surface area contributed by atoms with E-state index in [9.17, 15) is 4.79 Å². The molecule has 4 nitrogen and oxygen atoms in total. The van der Waals surface area contributed by atoms with Crippen molar-refractivity contribution in [3.8, 4) is 0 Å². The Labute approximate surface area is 111 Å². The van der Waals surface area contributed by atoms with Crippen molar-refractivity contribution in [1.29, 1.82) is 0 Å². The molecule has 0 spiro atoms. The molecule has 1 aromatic heterocycles. The number of ether oxygens (including phenoxy) is 1. The van der Waals surface area contributed by atoms with Gasteiger partial charge in [-0.05, 0) is 19.3 Å². The minimum atomic E-state index is 0.278. The van der Waals surface area contributed by atoms with Crippen LogP contribution in [-0.2, 0) is 11.2 Å². The molecule has 1 saturated heterocycles. The Bertz CT molecular complexity index is 458. The molecule has 1 aliphatic heterocycles. The number of ketones is 1. The number of carbonyl (C=O) groups excluding carboxylic acids is 1. The molecular formula is C13H18N2O2S. The Morgan fingerprint density at radius 1 is 1.50 bits per heavy atom. The molecular weight excluding hydrogens is 248 g/mol. The first kappa shape index (κ1) is 12.1. The number of fused-ring (bicyclic) bond motifs is 1. The lowest BCUT2D eigenvalue weighted by molar-refractivity contribution is 0.0384. The van der Waals surface area contributed by atoms with Crippen LogP contribution in [0.3, 0.4) is 0 Å². The topological polar surface area (TPSA) is 42.4 Å². The molecule has 0 aromatic carbocycles. The second-order valence-electron chi connectivity index (χ2n) is 4.90. The minimum Gasteiger partial charge on any atom is -0.375 e. The SMILES string of the molecule is CCC1CN(c2nc3c(s2)C(=O)CCC3)CCO1. The molecule has 0 amide bonds. The van der Waals surface area contributed by atoms with E-state index in [4.69, 9.17) is 4.74 Å². The number of nitrogens with zero attached hydrogens (tertiary/aromatic N) is 2. The molecule has 1 aliphatic carbocycles. The van der Waals surface area contributed by atoms with Crippen molar-refractivity contribution in [2.24, 2.45) is 0 Å². The molecule has 1 aromatic rings. The molecule has 1 atom stereocenters. The van der Waals surface area contributed by atoms with E-state index in [1.54, 1.807) is 11.3 Å². The monoisotopic (exact) mass is 266 g/mol. The number of aromatic nitrogens is 1. The molecule has 0 bridgehead atoms. The zero-order valence-electron chi connectivity index (χ0n) is 10.6. The lowest BCUT2D eigenvalue weighted by atomic mass is 10.0. The summed E-state index contributed by atoms with van der Waals surface area (Å²) in [6.45, 7) is 4.69.